The number of esters is 1. The first-order chi connectivity index (χ1) is 15.8. The molecule has 0 aliphatic rings. The first-order valence-corrected chi connectivity index (χ1v) is 13.1. The summed E-state index contributed by atoms with van der Waals surface area (Å²) in [5, 5.41) is 0. The summed E-state index contributed by atoms with van der Waals surface area (Å²) in [6, 6.07) is 15.7. The Morgan fingerprint density at radius 1 is 1.06 bits per heavy atom. The molecule has 0 spiro atoms. The SMILES string of the molecule is CCP(=O)(CC)/N=C(\N)c1ccc(-c2cn(C)c(-c3ccc(CCC(=O)OC)cc3)n2)cc1. The van der Waals surface area contributed by atoms with Crippen molar-refractivity contribution in [2.75, 3.05) is 19.4 Å². The molecule has 3 rings (SSSR count). The lowest BCUT2D eigenvalue weighted by Gasteiger charge is -2.10. The number of amidine groups is 1. The summed E-state index contributed by atoms with van der Waals surface area (Å²) in [5.74, 6) is 0.945. The highest BCUT2D eigenvalue weighted by atomic mass is 31.2. The summed E-state index contributed by atoms with van der Waals surface area (Å²) in [4.78, 5) is 16.2. The number of nitrogens with zero attached hydrogens (tertiary/aromatic N) is 3. The largest absolute Gasteiger partial charge is 0.469 e. The number of imidazole rings is 1. The molecule has 0 unspecified atom stereocenters. The fourth-order valence-electron chi connectivity index (χ4n) is 3.47. The van der Waals surface area contributed by atoms with Gasteiger partial charge in [-0.25, -0.2) is 9.75 Å². The van der Waals surface area contributed by atoms with Crippen molar-refractivity contribution >= 4 is 19.1 Å². The van der Waals surface area contributed by atoms with E-state index in [0.717, 1.165) is 33.8 Å². The Labute approximate surface area is 195 Å². The third-order valence-corrected chi connectivity index (χ3v) is 8.25. The molecule has 0 bridgehead atoms. The van der Waals surface area contributed by atoms with Gasteiger partial charge in [-0.05, 0) is 12.0 Å². The van der Waals surface area contributed by atoms with E-state index in [2.05, 4.69) is 4.76 Å². The lowest BCUT2D eigenvalue weighted by molar-refractivity contribution is -0.140. The predicted molar refractivity (Wildman–Crippen MR) is 134 cm³/mol. The number of hydrogen-bond acceptors (Lipinski definition) is 4. The minimum Gasteiger partial charge on any atom is -0.469 e. The average molecular weight is 467 g/mol. The van der Waals surface area contributed by atoms with Gasteiger partial charge in [0.15, 0.2) is 7.29 Å². The fraction of sp³-hybridized carbons (Fsp3) is 0.320. The minimum absolute atomic E-state index is 0.211. The molecule has 33 heavy (non-hydrogen) atoms. The van der Waals surface area contributed by atoms with E-state index in [0.29, 0.717) is 31.0 Å². The molecule has 1 heterocycles. The molecule has 8 heteroatoms. The van der Waals surface area contributed by atoms with Crippen molar-refractivity contribution in [3.8, 4) is 22.6 Å². The normalized spacial score (nSPS) is 12.1. The molecule has 2 N–H and O–H groups in total. The third kappa shape index (κ3) is 5.99. The Bertz CT molecular complexity index is 1170. The molecular weight excluding hydrogens is 435 g/mol. The lowest BCUT2D eigenvalue weighted by Crippen LogP contribution is -2.13. The summed E-state index contributed by atoms with van der Waals surface area (Å²) < 4.78 is 23.6. The van der Waals surface area contributed by atoms with Gasteiger partial charge in [-0.2, -0.15) is 0 Å². The Kier molecular flexibility index (Phi) is 7.88. The van der Waals surface area contributed by atoms with E-state index in [-0.39, 0.29) is 5.97 Å². The van der Waals surface area contributed by atoms with E-state index in [9.17, 15) is 9.36 Å². The van der Waals surface area contributed by atoms with Crippen LogP contribution in [0.15, 0.2) is 59.5 Å². The molecule has 0 fully saturated rings. The van der Waals surface area contributed by atoms with Gasteiger partial charge >= 0.3 is 5.97 Å². The minimum atomic E-state index is -2.60. The van der Waals surface area contributed by atoms with E-state index in [1.165, 1.54) is 7.11 Å². The topological polar surface area (TPSA) is 99.6 Å². The van der Waals surface area contributed by atoms with Gasteiger partial charge in [-0.1, -0.05) is 62.4 Å². The standard InChI is InChI=1S/C25H31N4O3P/c1-5-33(31,6-2)28-24(26)20-14-12-19(13-15-20)22-17-29(3)25(27-22)21-10-7-18(8-11-21)9-16-23(30)32-4/h7-8,10-15,17H,5-6,9,16H2,1-4H3,(H2,26,28,31). The Balaban J connectivity index is 1.78. The second kappa shape index (κ2) is 10.6. The molecule has 3 aromatic rings. The van der Waals surface area contributed by atoms with Crippen molar-refractivity contribution in [3.05, 3.63) is 65.9 Å². The molecule has 1 aromatic heterocycles. The van der Waals surface area contributed by atoms with Crippen molar-refractivity contribution in [2.45, 2.75) is 26.7 Å². The van der Waals surface area contributed by atoms with Gasteiger partial charge in [0.2, 0.25) is 0 Å². The number of hydrogen-bond donors (Lipinski definition) is 1. The van der Waals surface area contributed by atoms with Crippen molar-refractivity contribution in [3.63, 3.8) is 0 Å². The highest BCUT2D eigenvalue weighted by molar-refractivity contribution is 7.62. The summed E-state index contributed by atoms with van der Waals surface area (Å²) in [7, 11) is 0.761. The van der Waals surface area contributed by atoms with Crippen LogP contribution >= 0.6 is 7.29 Å². The van der Waals surface area contributed by atoms with Crippen molar-refractivity contribution in [1.29, 1.82) is 0 Å². The van der Waals surface area contributed by atoms with Crippen LogP contribution in [0.3, 0.4) is 0 Å². The number of carbonyl (C=O) groups is 1. The fourth-order valence-corrected chi connectivity index (χ4v) is 4.71. The first kappa shape index (κ1) is 24.5. The molecule has 7 nitrogen and oxygen atoms in total. The number of nitrogens with two attached hydrogens (primary N) is 1. The zero-order valence-electron chi connectivity index (χ0n) is 19.6. The van der Waals surface area contributed by atoms with E-state index in [1.807, 2.05) is 80.2 Å². The van der Waals surface area contributed by atoms with Crippen LogP contribution in [0.25, 0.3) is 22.6 Å². The van der Waals surface area contributed by atoms with Gasteiger partial charge in [0.25, 0.3) is 0 Å². The van der Waals surface area contributed by atoms with Crippen LogP contribution in [-0.4, -0.2) is 40.8 Å². The maximum absolute atomic E-state index is 12.6. The number of carbonyl (C=O) groups excluding carboxylic acids is 1. The average Bonchev–Trinajstić information content (AvgIpc) is 3.24. The second-order valence-corrected chi connectivity index (χ2v) is 11.0. The van der Waals surface area contributed by atoms with E-state index < -0.39 is 7.29 Å². The third-order valence-electron chi connectivity index (χ3n) is 5.69. The van der Waals surface area contributed by atoms with Crippen LogP contribution in [-0.2, 0) is 27.6 Å². The van der Waals surface area contributed by atoms with Gasteiger partial charge in [-0.3, -0.25) is 9.36 Å². The zero-order chi connectivity index (χ0) is 24.0. The first-order valence-electron chi connectivity index (χ1n) is 11.0. The van der Waals surface area contributed by atoms with Gasteiger partial charge in [0.05, 0.1) is 12.8 Å². The molecule has 0 saturated heterocycles. The molecule has 0 radical (unpaired) electrons. The van der Waals surface area contributed by atoms with Crippen LogP contribution in [0.2, 0.25) is 0 Å². The molecule has 174 valence electrons. The molecule has 0 saturated carbocycles. The molecule has 0 aliphatic heterocycles. The summed E-state index contributed by atoms with van der Waals surface area (Å²) in [6.07, 6.45) is 4.00. The Morgan fingerprint density at radius 3 is 2.24 bits per heavy atom. The van der Waals surface area contributed by atoms with Gasteiger partial charge < -0.3 is 15.0 Å². The number of aromatic nitrogens is 2. The van der Waals surface area contributed by atoms with Crippen molar-refractivity contribution < 1.29 is 14.1 Å². The Hall–Kier alpha value is -3.18. The van der Waals surface area contributed by atoms with Gasteiger partial charge in [-0.15, -0.1) is 0 Å². The summed E-state index contributed by atoms with van der Waals surface area (Å²) >= 11 is 0. The molecular formula is C25H31N4O3P. The van der Waals surface area contributed by atoms with Crippen LogP contribution in [0.5, 0.6) is 0 Å². The van der Waals surface area contributed by atoms with Gasteiger partial charge in [0.1, 0.15) is 11.7 Å². The van der Waals surface area contributed by atoms with E-state index in [4.69, 9.17) is 15.5 Å². The molecule has 2 aromatic carbocycles. The predicted octanol–water partition coefficient (Wildman–Crippen LogP) is 4.88. The quantitative estimate of drug-likeness (QED) is 0.210. The second-order valence-electron chi connectivity index (χ2n) is 7.88. The lowest BCUT2D eigenvalue weighted by atomic mass is 10.1. The number of aryl methyl sites for hydroxylation is 2. The number of methoxy groups -OCH3 is 1. The molecule has 0 amide bonds. The van der Waals surface area contributed by atoms with Crippen LogP contribution in [0.4, 0.5) is 0 Å². The van der Waals surface area contributed by atoms with Crippen LogP contribution < -0.4 is 5.73 Å². The van der Waals surface area contributed by atoms with E-state index in [1.54, 1.807) is 0 Å². The molecule has 0 atom stereocenters. The monoisotopic (exact) mass is 466 g/mol. The summed E-state index contributed by atoms with van der Waals surface area (Å²) in [6.45, 7) is 3.75. The summed E-state index contributed by atoms with van der Waals surface area (Å²) in [5.41, 5.74) is 10.7. The Morgan fingerprint density at radius 2 is 1.67 bits per heavy atom. The maximum atomic E-state index is 12.6. The number of ether oxygens (including phenoxy) is 1. The number of benzene rings is 2. The van der Waals surface area contributed by atoms with Crippen LogP contribution in [0, 0.1) is 0 Å². The van der Waals surface area contributed by atoms with Crippen molar-refractivity contribution in [1.82, 2.24) is 9.55 Å². The van der Waals surface area contributed by atoms with Crippen LogP contribution in [0.1, 0.15) is 31.4 Å². The molecule has 0 aliphatic carbocycles. The highest BCUT2D eigenvalue weighted by Crippen LogP contribution is 2.46. The zero-order valence-corrected chi connectivity index (χ0v) is 20.5. The highest BCUT2D eigenvalue weighted by Gasteiger charge is 2.16. The van der Waals surface area contributed by atoms with Crippen molar-refractivity contribution in [2.24, 2.45) is 17.5 Å². The number of rotatable bonds is 9. The smallest absolute Gasteiger partial charge is 0.305 e. The van der Waals surface area contributed by atoms with E-state index >= 15 is 0 Å². The van der Waals surface area contributed by atoms with Gasteiger partial charge in [0, 0.05) is 48.7 Å². The maximum Gasteiger partial charge on any atom is 0.305 e.